The predicted octanol–water partition coefficient (Wildman–Crippen LogP) is 5.14. The van der Waals surface area contributed by atoms with E-state index in [0.717, 1.165) is 27.8 Å². The summed E-state index contributed by atoms with van der Waals surface area (Å²) in [6.45, 7) is -0.410. The number of hydrogen-bond donors (Lipinski definition) is 1. The molecule has 128 valence electrons. The first-order valence-electron chi connectivity index (χ1n) is 7.18. The molecule has 0 unspecified atom stereocenters. The standard InChI is InChI=1S/C18H17FN2O.2ClH/c1-20-15-5-2-13(3-6-15)17-8-4-14-12-16(22-11-10-19)7-9-18(14)21-17;;/h2-9,12,20H,10-11H2,1H3;2*1H. The number of aromatic nitrogens is 1. The SMILES string of the molecule is CNc1ccc(-c2ccc3cc(OCCF)ccc3n2)cc1.Cl.Cl. The number of hydrogen-bond acceptors (Lipinski definition) is 3. The Kier molecular flexibility index (Phi) is 7.75. The van der Waals surface area contributed by atoms with E-state index in [2.05, 4.69) is 10.3 Å². The highest BCUT2D eigenvalue weighted by Gasteiger charge is 2.03. The highest BCUT2D eigenvalue weighted by Crippen LogP contribution is 2.25. The molecular weight excluding hydrogens is 350 g/mol. The maximum atomic E-state index is 12.1. The predicted molar refractivity (Wildman–Crippen MR) is 103 cm³/mol. The quantitative estimate of drug-likeness (QED) is 0.677. The molecule has 0 fully saturated rings. The second-order valence-electron chi connectivity index (χ2n) is 4.92. The molecule has 24 heavy (non-hydrogen) atoms. The average molecular weight is 369 g/mol. The van der Waals surface area contributed by atoms with Crippen LogP contribution in [0.1, 0.15) is 0 Å². The average Bonchev–Trinajstić information content (AvgIpc) is 2.59. The summed E-state index contributed by atoms with van der Waals surface area (Å²) in [4.78, 5) is 4.67. The van der Waals surface area contributed by atoms with Gasteiger partial charge in [0.25, 0.3) is 0 Å². The lowest BCUT2D eigenvalue weighted by atomic mass is 10.1. The molecule has 3 nitrogen and oxygen atoms in total. The molecule has 0 atom stereocenters. The van der Waals surface area contributed by atoms with Crippen LogP contribution in [0.3, 0.4) is 0 Å². The molecule has 0 saturated carbocycles. The number of ether oxygens (including phenoxy) is 1. The summed E-state index contributed by atoms with van der Waals surface area (Å²) >= 11 is 0. The summed E-state index contributed by atoms with van der Waals surface area (Å²) in [5.41, 5.74) is 3.95. The molecule has 0 saturated heterocycles. The van der Waals surface area contributed by atoms with Gasteiger partial charge < -0.3 is 10.1 Å². The second-order valence-corrected chi connectivity index (χ2v) is 4.92. The van der Waals surface area contributed by atoms with Crippen LogP contribution >= 0.6 is 24.8 Å². The zero-order chi connectivity index (χ0) is 15.4. The van der Waals surface area contributed by atoms with Gasteiger partial charge in [0.1, 0.15) is 19.0 Å². The van der Waals surface area contributed by atoms with E-state index in [9.17, 15) is 4.39 Å². The molecule has 0 bridgehead atoms. The van der Waals surface area contributed by atoms with Crippen molar-refractivity contribution < 1.29 is 9.13 Å². The van der Waals surface area contributed by atoms with Gasteiger partial charge in [0.15, 0.2) is 0 Å². The molecule has 0 spiro atoms. The number of nitrogens with one attached hydrogen (secondary N) is 1. The highest BCUT2D eigenvalue weighted by molar-refractivity contribution is 5.85. The molecule has 0 aliphatic rings. The molecule has 3 rings (SSSR count). The zero-order valence-electron chi connectivity index (χ0n) is 13.2. The molecule has 0 aliphatic heterocycles. The van der Waals surface area contributed by atoms with Crippen LogP contribution in [-0.2, 0) is 0 Å². The molecule has 0 radical (unpaired) electrons. The van der Waals surface area contributed by atoms with Crippen molar-refractivity contribution in [3.63, 3.8) is 0 Å². The van der Waals surface area contributed by atoms with Crippen molar-refractivity contribution in [3.8, 4) is 17.0 Å². The van der Waals surface area contributed by atoms with Gasteiger partial charge in [0.05, 0.1) is 11.2 Å². The molecule has 0 amide bonds. The van der Waals surface area contributed by atoms with Gasteiger partial charge in [0.2, 0.25) is 0 Å². The minimum atomic E-state index is -0.488. The minimum absolute atomic E-state index is 0. The summed E-state index contributed by atoms with van der Waals surface area (Å²) in [5, 5.41) is 4.08. The van der Waals surface area contributed by atoms with E-state index >= 15 is 0 Å². The number of benzene rings is 2. The molecule has 1 heterocycles. The fraction of sp³-hybridized carbons (Fsp3) is 0.167. The van der Waals surface area contributed by atoms with Gasteiger partial charge >= 0.3 is 0 Å². The Balaban J connectivity index is 0.00000144. The zero-order valence-corrected chi connectivity index (χ0v) is 14.8. The maximum absolute atomic E-state index is 12.1. The van der Waals surface area contributed by atoms with Crippen LogP contribution in [0.2, 0.25) is 0 Å². The monoisotopic (exact) mass is 368 g/mol. The fourth-order valence-electron chi connectivity index (χ4n) is 2.32. The van der Waals surface area contributed by atoms with Gasteiger partial charge in [-0.2, -0.15) is 0 Å². The number of alkyl halides is 1. The van der Waals surface area contributed by atoms with Gasteiger partial charge in [0, 0.05) is 23.7 Å². The van der Waals surface area contributed by atoms with Crippen molar-refractivity contribution >= 4 is 41.4 Å². The number of pyridine rings is 1. The molecule has 0 aliphatic carbocycles. The first-order valence-corrected chi connectivity index (χ1v) is 7.18. The third-order valence-corrected chi connectivity index (χ3v) is 3.48. The third kappa shape index (κ3) is 4.49. The maximum Gasteiger partial charge on any atom is 0.123 e. The van der Waals surface area contributed by atoms with Crippen molar-refractivity contribution in [1.29, 1.82) is 0 Å². The largest absolute Gasteiger partial charge is 0.491 e. The van der Waals surface area contributed by atoms with E-state index in [1.807, 2.05) is 61.6 Å². The normalized spacial score (nSPS) is 9.75. The van der Waals surface area contributed by atoms with E-state index < -0.39 is 6.67 Å². The first kappa shape index (κ1) is 20.0. The summed E-state index contributed by atoms with van der Waals surface area (Å²) in [6.07, 6.45) is 0. The Morgan fingerprint density at radius 2 is 1.75 bits per heavy atom. The number of halogens is 3. The van der Waals surface area contributed by atoms with Gasteiger partial charge in [-0.1, -0.05) is 18.2 Å². The molecule has 3 aromatic rings. The van der Waals surface area contributed by atoms with Crippen LogP contribution in [0.15, 0.2) is 54.6 Å². The van der Waals surface area contributed by atoms with Crippen molar-refractivity contribution in [1.82, 2.24) is 4.98 Å². The minimum Gasteiger partial charge on any atom is -0.491 e. The molecular formula is C18H19Cl2FN2O. The van der Waals surface area contributed by atoms with Crippen molar-refractivity contribution in [2.75, 3.05) is 25.6 Å². The second kappa shape index (κ2) is 9.30. The number of anilines is 1. The summed E-state index contributed by atoms with van der Waals surface area (Å²) in [5.74, 6) is 0.665. The van der Waals surface area contributed by atoms with Crippen LogP contribution in [-0.4, -0.2) is 25.3 Å². The fourth-order valence-corrected chi connectivity index (χ4v) is 2.32. The van der Waals surface area contributed by atoms with E-state index in [1.165, 1.54) is 0 Å². The molecule has 6 heteroatoms. The number of nitrogens with zero attached hydrogens (tertiary/aromatic N) is 1. The van der Waals surface area contributed by atoms with Gasteiger partial charge in [-0.05, 0) is 36.4 Å². The third-order valence-electron chi connectivity index (χ3n) is 3.48. The van der Waals surface area contributed by atoms with Crippen LogP contribution in [0.5, 0.6) is 5.75 Å². The van der Waals surface area contributed by atoms with Gasteiger partial charge in [-0.3, -0.25) is 0 Å². The molecule has 1 aromatic heterocycles. The van der Waals surface area contributed by atoms with Crippen molar-refractivity contribution in [2.45, 2.75) is 0 Å². The highest BCUT2D eigenvalue weighted by atomic mass is 35.5. The van der Waals surface area contributed by atoms with Crippen molar-refractivity contribution in [2.24, 2.45) is 0 Å². The Bertz CT molecular complexity index is 782. The lowest BCUT2D eigenvalue weighted by Crippen LogP contribution is -1.98. The van der Waals surface area contributed by atoms with E-state index in [1.54, 1.807) is 0 Å². The Morgan fingerprint density at radius 3 is 2.42 bits per heavy atom. The lowest BCUT2D eigenvalue weighted by molar-refractivity contribution is 0.273. The Labute approximate surface area is 153 Å². The lowest BCUT2D eigenvalue weighted by Gasteiger charge is -2.07. The molecule has 1 N–H and O–H groups in total. The van der Waals surface area contributed by atoms with E-state index in [-0.39, 0.29) is 31.4 Å². The van der Waals surface area contributed by atoms with Crippen LogP contribution in [0.4, 0.5) is 10.1 Å². The first-order chi connectivity index (χ1) is 10.8. The Morgan fingerprint density at radius 1 is 1.00 bits per heavy atom. The number of fused-ring (bicyclic) bond motifs is 1. The van der Waals surface area contributed by atoms with Crippen LogP contribution < -0.4 is 10.1 Å². The van der Waals surface area contributed by atoms with Crippen LogP contribution in [0, 0.1) is 0 Å². The summed E-state index contributed by atoms with van der Waals surface area (Å²) in [6, 6.07) is 17.7. The number of rotatable bonds is 5. The summed E-state index contributed by atoms with van der Waals surface area (Å²) in [7, 11) is 1.89. The van der Waals surface area contributed by atoms with Crippen LogP contribution in [0.25, 0.3) is 22.2 Å². The topological polar surface area (TPSA) is 34.1 Å². The van der Waals surface area contributed by atoms with Gasteiger partial charge in [-0.25, -0.2) is 9.37 Å². The van der Waals surface area contributed by atoms with Gasteiger partial charge in [-0.15, -0.1) is 24.8 Å². The van der Waals surface area contributed by atoms with E-state index in [4.69, 9.17) is 4.74 Å². The smallest absolute Gasteiger partial charge is 0.123 e. The molecule has 2 aromatic carbocycles. The van der Waals surface area contributed by atoms with Crippen molar-refractivity contribution in [3.05, 3.63) is 54.6 Å². The van der Waals surface area contributed by atoms with E-state index in [0.29, 0.717) is 5.75 Å². The Hall–Kier alpha value is -2.04. The summed E-state index contributed by atoms with van der Waals surface area (Å²) < 4.78 is 17.4.